The Kier molecular flexibility index (Phi) is 8.62. The third-order valence-corrected chi connectivity index (χ3v) is 6.56. The molecule has 1 aliphatic heterocycles. The lowest BCUT2D eigenvalue weighted by molar-refractivity contribution is -0.115. The SMILES string of the molecule is CCCCOc1cc(Cl)ccc1N(CC)C(=O)C1=C(c2cccc(-c3ccccc3)c2)CCNC1. The largest absolute Gasteiger partial charge is 0.491 e. The third-order valence-electron chi connectivity index (χ3n) is 6.32. The van der Waals surface area contributed by atoms with E-state index in [4.69, 9.17) is 16.3 Å². The van der Waals surface area contributed by atoms with E-state index in [0.29, 0.717) is 30.5 Å². The first kappa shape index (κ1) is 25.0. The highest BCUT2D eigenvalue weighted by atomic mass is 35.5. The molecule has 0 aromatic heterocycles. The van der Waals surface area contributed by atoms with Gasteiger partial charge in [-0.05, 0) is 66.8 Å². The maximum Gasteiger partial charge on any atom is 0.255 e. The molecule has 4 rings (SSSR count). The van der Waals surface area contributed by atoms with E-state index in [9.17, 15) is 4.79 Å². The number of halogens is 1. The molecule has 0 radical (unpaired) electrons. The van der Waals surface area contributed by atoms with Crippen molar-refractivity contribution in [2.24, 2.45) is 0 Å². The fourth-order valence-corrected chi connectivity index (χ4v) is 4.63. The van der Waals surface area contributed by atoms with Crippen LogP contribution in [0.15, 0.2) is 78.4 Å². The summed E-state index contributed by atoms with van der Waals surface area (Å²) in [7, 11) is 0. The molecule has 0 spiro atoms. The number of hydrogen-bond acceptors (Lipinski definition) is 3. The summed E-state index contributed by atoms with van der Waals surface area (Å²) in [5.41, 5.74) is 6.08. The van der Waals surface area contributed by atoms with Gasteiger partial charge in [-0.1, -0.05) is 73.5 Å². The molecule has 0 saturated heterocycles. The zero-order valence-corrected chi connectivity index (χ0v) is 21.3. The van der Waals surface area contributed by atoms with Gasteiger partial charge in [0.25, 0.3) is 5.91 Å². The number of rotatable bonds is 9. The van der Waals surface area contributed by atoms with E-state index in [-0.39, 0.29) is 5.91 Å². The van der Waals surface area contributed by atoms with E-state index in [1.54, 1.807) is 11.0 Å². The summed E-state index contributed by atoms with van der Waals surface area (Å²) in [5.74, 6) is 0.653. The first-order valence-corrected chi connectivity index (χ1v) is 12.8. The average Bonchev–Trinajstić information content (AvgIpc) is 2.91. The number of nitrogens with one attached hydrogen (secondary N) is 1. The zero-order chi connectivity index (χ0) is 24.6. The molecular weight excluding hydrogens is 456 g/mol. The lowest BCUT2D eigenvalue weighted by Crippen LogP contribution is -2.38. The van der Waals surface area contributed by atoms with Crippen LogP contribution in [0, 0.1) is 0 Å². The lowest BCUT2D eigenvalue weighted by Gasteiger charge is -2.28. The molecule has 0 atom stereocenters. The Morgan fingerprint density at radius 2 is 1.74 bits per heavy atom. The maximum atomic E-state index is 14.0. The molecule has 0 saturated carbocycles. The number of nitrogens with zero attached hydrogens (tertiary/aromatic N) is 1. The first-order valence-electron chi connectivity index (χ1n) is 12.4. The average molecular weight is 489 g/mol. The second-order valence-electron chi connectivity index (χ2n) is 8.69. The van der Waals surface area contributed by atoms with Crippen LogP contribution in [-0.4, -0.2) is 32.1 Å². The minimum Gasteiger partial charge on any atom is -0.491 e. The number of benzene rings is 3. The van der Waals surface area contributed by atoms with E-state index in [2.05, 4.69) is 48.6 Å². The van der Waals surface area contributed by atoms with Gasteiger partial charge in [0.2, 0.25) is 0 Å². The van der Waals surface area contributed by atoms with Crippen LogP contribution in [0.2, 0.25) is 5.02 Å². The predicted octanol–water partition coefficient (Wildman–Crippen LogP) is 6.99. The molecule has 5 heteroatoms. The predicted molar refractivity (Wildman–Crippen MR) is 146 cm³/mol. The molecule has 0 bridgehead atoms. The topological polar surface area (TPSA) is 41.6 Å². The Morgan fingerprint density at radius 3 is 2.51 bits per heavy atom. The molecule has 1 N–H and O–H groups in total. The molecule has 35 heavy (non-hydrogen) atoms. The van der Waals surface area contributed by atoms with E-state index in [1.165, 1.54) is 5.56 Å². The van der Waals surface area contributed by atoms with Gasteiger partial charge in [-0.25, -0.2) is 0 Å². The van der Waals surface area contributed by atoms with Crippen LogP contribution in [0.1, 0.15) is 38.7 Å². The molecule has 3 aromatic carbocycles. The van der Waals surface area contributed by atoms with Gasteiger partial charge in [0.05, 0.1) is 12.3 Å². The molecule has 0 aliphatic carbocycles. The fourth-order valence-electron chi connectivity index (χ4n) is 4.46. The van der Waals surface area contributed by atoms with E-state index < -0.39 is 0 Å². The van der Waals surface area contributed by atoms with Crippen LogP contribution in [0.4, 0.5) is 5.69 Å². The number of unbranched alkanes of at least 4 members (excludes halogenated alkanes) is 1. The summed E-state index contributed by atoms with van der Waals surface area (Å²) >= 11 is 6.27. The highest BCUT2D eigenvalue weighted by molar-refractivity contribution is 6.31. The van der Waals surface area contributed by atoms with Crippen molar-refractivity contribution in [3.05, 3.63) is 89.0 Å². The van der Waals surface area contributed by atoms with Crippen molar-refractivity contribution < 1.29 is 9.53 Å². The number of amides is 1. The number of carbonyl (C=O) groups excluding carboxylic acids is 1. The molecule has 1 aliphatic rings. The van der Waals surface area contributed by atoms with E-state index in [0.717, 1.165) is 53.8 Å². The Balaban J connectivity index is 1.71. The van der Waals surface area contributed by atoms with Gasteiger partial charge in [-0.3, -0.25) is 4.79 Å². The smallest absolute Gasteiger partial charge is 0.255 e. The van der Waals surface area contributed by atoms with Crippen LogP contribution < -0.4 is 15.0 Å². The van der Waals surface area contributed by atoms with Gasteiger partial charge in [-0.2, -0.15) is 0 Å². The van der Waals surface area contributed by atoms with Crippen LogP contribution in [0.5, 0.6) is 5.75 Å². The van der Waals surface area contributed by atoms with Crippen molar-refractivity contribution in [1.82, 2.24) is 5.32 Å². The highest BCUT2D eigenvalue weighted by Gasteiger charge is 2.26. The summed E-state index contributed by atoms with van der Waals surface area (Å²) in [5, 5.41) is 4.00. The van der Waals surface area contributed by atoms with E-state index >= 15 is 0 Å². The zero-order valence-electron chi connectivity index (χ0n) is 20.5. The molecule has 0 unspecified atom stereocenters. The monoisotopic (exact) mass is 488 g/mol. The molecule has 0 fully saturated rings. The quantitative estimate of drug-likeness (QED) is 0.330. The normalized spacial score (nSPS) is 13.6. The minimum atomic E-state index is 0.00229. The highest BCUT2D eigenvalue weighted by Crippen LogP contribution is 2.35. The maximum absolute atomic E-state index is 14.0. The molecular formula is C30H33ClN2O2. The van der Waals surface area contributed by atoms with Crippen molar-refractivity contribution >= 4 is 28.8 Å². The lowest BCUT2D eigenvalue weighted by atomic mass is 9.91. The molecule has 3 aromatic rings. The summed E-state index contributed by atoms with van der Waals surface area (Å²) in [6.07, 6.45) is 2.79. The van der Waals surface area contributed by atoms with Crippen molar-refractivity contribution in [2.45, 2.75) is 33.1 Å². The van der Waals surface area contributed by atoms with Crippen molar-refractivity contribution in [3.8, 4) is 16.9 Å². The van der Waals surface area contributed by atoms with Crippen LogP contribution in [-0.2, 0) is 4.79 Å². The van der Waals surface area contributed by atoms with Gasteiger partial charge < -0.3 is 15.0 Å². The van der Waals surface area contributed by atoms with Crippen LogP contribution in [0.25, 0.3) is 16.7 Å². The number of hydrogen-bond donors (Lipinski definition) is 1. The fraction of sp³-hybridized carbons (Fsp3) is 0.300. The minimum absolute atomic E-state index is 0.00229. The van der Waals surface area contributed by atoms with Crippen molar-refractivity contribution in [1.29, 1.82) is 0 Å². The Bertz CT molecular complexity index is 1190. The van der Waals surface area contributed by atoms with Crippen molar-refractivity contribution in [2.75, 3.05) is 31.1 Å². The number of anilines is 1. The summed E-state index contributed by atoms with van der Waals surface area (Å²) in [4.78, 5) is 15.8. The Morgan fingerprint density at radius 1 is 0.971 bits per heavy atom. The van der Waals surface area contributed by atoms with Gasteiger partial charge in [-0.15, -0.1) is 0 Å². The standard InChI is InChI=1S/C30H33ClN2O2/c1-3-5-18-35-29-20-25(31)14-15-28(29)33(4-2)30(34)27-21-32-17-16-26(27)24-13-9-12-23(19-24)22-10-7-6-8-11-22/h6-15,19-20,32H,3-5,16-18,21H2,1-2H3. The van der Waals surface area contributed by atoms with Gasteiger partial charge in [0, 0.05) is 29.8 Å². The summed E-state index contributed by atoms with van der Waals surface area (Å²) in [6.45, 7) is 6.64. The van der Waals surface area contributed by atoms with E-state index in [1.807, 2.05) is 37.3 Å². The second kappa shape index (κ2) is 12.1. The number of ether oxygens (including phenoxy) is 1. The summed E-state index contributed by atoms with van der Waals surface area (Å²) < 4.78 is 6.04. The van der Waals surface area contributed by atoms with Crippen LogP contribution in [0.3, 0.4) is 0 Å². The summed E-state index contributed by atoms with van der Waals surface area (Å²) in [6, 6.07) is 24.4. The second-order valence-corrected chi connectivity index (χ2v) is 9.13. The molecule has 1 heterocycles. The van der Waals surface area contributed by atoms with Crippen molar-refractivity contribution in [3.63, 3.8) is 0 Å². The first-order chi connectivity index (χ1) is 17.1. The molecule has 182 valence electrons. The Hall–Kier alpha value is -3.08. The third kappa shape index (κ3) is 5.95. The molecule has 1 amide bonds. The number of carbonyl (C=O) groups is 1. The van der Waals surface area contributed by atoms with Gasteiger partial charge in [0.15, 0.2) is 0 Å². The Labute approximate surface area is 213 Å². The van der Waals surface area contributed by atoms with Gasteiger partial charge in [0.1, 0.15) is 5.75 Å². The van der Waals surface area contributed by atoms with Gasteiger partial charge >= 0.3 is 0 Å². The van der Waals surface area contributed by atoms with Crippen LogP contribution >= 0.6 is 11.6 Å². The molecule has 4 nitrogen and oxygen atoms in total. The number of likely N-dealkylation sites (N-methyl/N-ethyl adjacent to an activating group) is 1.